The van der Waals surface area contributed by atoms with Crippen molar-refractivity contribution in [2.24, 2.45) is 5.16 Å². The molecule has 2 atom stereocenters. The number of carbonyl (C=O) groups is 3. The Labute approximate surface area is 217 Å². The maximum Gasteiger partial charge on any atom is 0.352 e. The van der Waals surface area contributed by atoms with E-state index in [1.54, 1.807) is 0 Å². The van der Waals surface area contributed by atoms with Crippen molar-refractivity contribution in [1.29, 1.82) is 0 Å². The number of aromatic nitrogens is 2. The van der Waals surface area contributed by atoms with Crippen LogP contribution in [0.1, 0.15) is 11.4 Å². The van der Waals surface area contributed by atoms with Crippen LogP contribution in [-0.2, 0) is 27.5 Å². The average Bonchev–Trinajstić information content (AvgIpc) is 3.31. The van der Waals surface area contributed by atoms with Gasteiger partial charge in [0.15, 0.2) is 29.3 Å². The molecule has 0 aliphatic carbocycles. The molecule has 1 saturated heterocycles. The van der Waals surface area contributed by atoms with Crippen molar-refractivity contribution in [2.75, 3.05) is 23.8 Å². The molecule has 0 spiro atoms. The number of nitrogen functional groups attached to an aromatic ring is 1. The van der Waals surface area contributed by atoms with Gasteiger partial charge in [0.2, 0.25) is 0 Å². The van der Waals surface area contributed by atoms with Gasteiger partial charge in [-0.1, -0.05) is 5.16 Å². The van der Waals surface area contributed by atoms with Gasteiger partial charge in [-0.15, -0.1) is 34.9 Å². The first-order chi connectivity index (χ1) is 17.4. The number of hydrogen-bond acceptors (Lipinski definition) is 11. The maximum atomic E-state index is 12.9. The molecule has 15 heteroatoms. The Morgan fingerprint density at radius 2 is 2.28 bits per heavy atom. The van der Waals surface area contributed by atoms with Crippen molar-refractivity contribution in [2.45, 2.75) is 29.4 Å². The Morgan fingerprint density at radius 1 is 1.44 bits per heavy atom. The second-order valence-corrected chi connectivity index (χ2v) is 11.2. The number of nitrogens with zero attached hydrogens (tertiary/aromatic N) is 4. The van der Waals surface area contributed by atoms with Gasteiger partial charge in [0.1, 0.15) is 22.8 Å². The number of β-lactam (4-membered cyclic amide) rings is 1. The molecular weight excluding hydrogens is 526 g/mol. The Hall–Kier alpha value is -3.14. The van der Waals surface area contributed by atoms with Crippen LogP contribution < -0.4 is 20.9 Å². The lowest BCUT2D eigenvalue weighted by atomic mass is 10.0. The molecule has 3 aliphatic heterocycles. The van der Waals surface area contributed by atoms with Gasteiger partial charge in [0.25, 0.3) is 11.8 Å². The summed E-state index contributed by atoms with van der Waals surface area (Å²) in [5.41, 5.74) is 7.05. The van der Waals surface area contributed by atoms with E-state index in [-0.39, 0.29) is 22.2 Å². The predicted molar refractivity (Wildman–Crippen MR) is 134 cm³/mol. The number of rotatable bonds is 7. The highest BCUT2D eigenvalue weighted by molar-refractivity contribution is 8.01. The Morgan fingerprint density at radius 3 is 3.00 bits per heavy atom. The van der Waals surface area contributed by atoms with E-state index in [1.807, 2.05) is 12.3 Å². The van der Waals surface area contributed by atoms with Gasteiger partial charge in [-0.05, 0) is 5.57 Å². The lowest BCUT2D eigenvalue weighted by Crippen LogP contribution is -2.71. The number of nitrogens with one attached hydrogen (secondary N) is 2. The highest BCUT2D eigenvalue weighted by Crippen LogP contribution is 2.41. The maximum absolute atomic E-state index is 12.9. The summed E-state index contributed by atoms with van der Waals surface area (Å²) in [5.74, 6) is -1.70. The molecule has 1 fully saturated rings. The van der Waals surface area contributed by atoms with Crippen molar-refractivity contribution < 1.29 is 29.3 Å². The molecular formula is C21H22N7O5S3+. The third-order valence-corrected chi connectivity index (χ3v) is 9.05. The number of fused-ring (bicyclic) bond motifs is 2. The lowest BCUT2D eigenvalue weighted by Gasteiger charge is -2.49. The molecule has 2 amide bonds. The largest absolute Gasteiger partial charge is 0.477 e. The summed E-state index contributed by atoms with van der Waals surface area (Å²) < 4.78 is 2.19. The summed E-state index contributed by atoms with van der Waals surface area (Å²) in [4.78, 5) is 43.9. The zero-order chi connectivity index (χ0) is 25.4. The number of thioether (sulfide) groups is 2. The molecule has 2 unspecified atom stereocenters. The number of amides is 2. The van der Waals surface area contributed by atoms with Gasteiger partial charge >= 0.3 is 5.97 Å². The van der Waals surface area contributed by atoms with Gasteiger partial charge in [-0.2, -0.15) is 4.57 Å². The van der Waals surface area contributed by atoms with E-state index in [0.29, 0.717) is 17.1 Å². The zero-order valence-electron chi connectivity index (χ0n) is 18.7. The number of thiazole rings is 1. The smallest absolute Gasteiger partial charge is 0.352 e. The Kier molecular flexibility index (Phi) is 6.87. The van der Waals surface area contributed by atoms with E-state index in [0.717, 1.165) is 35.9 Å². The summed E-state index contributed by atoms with van der Waals surface area (Å²) >= 11 is 3.98. The molecule has 3 aliphatic rings. The number of aliphatic carboxylic acids is 1. The molecule has 188 valence electrons. The normalized spacial score (nSPS) is 21.5. The quantitative estimate of drug-likeness (QED) is 0.0780. The minimum Gasteiger partial charge on any atom is -0.477 e. The van der Waals surface area contributed by atoms with Gasteiger partial charge in [-0.25, -0.2) is 9.78 Å². The molecule has 0 saturated carbocycles. The zero-order valence-corrected chi connectivity index (χ0v) is 21.2. The number of hydrogen-bond donors (Lipinski definition) is 5. The van der Waals surface area contributed by atoms with Gasteiger partial charge in [0.05, 0.1) is 13.1 Å². The van der Waals surface area contributed by atoms with Crippen LogP contribution >= 0.6 is 34.9 Å². The summed E-state index contributed by atoms with van der Waals surface area (Å²) in [7, 11) is 0. The summed E-state index contributed by atoms with van der Waals surface area (Å²) in [5, 5.41) is 29.1. The van der Waals surface area contributed by atoms with Crippen LogP contribution in [0, 0.1) is 0 Å². The van der Waals surface area contributed by atoms with Crippen LogP contribution in [-0.4, -0.2) is 73.2 Å². The molecule has 36 heavy (non-hydrogen) atoms. The molecule has 0 aromatic carbocycles. The van der Waals surface area contributed by atoms with Crippen molar-refractivity contribution >= 4 is 63.5 Å². The van der Waals surface area contributed by atoms with Crippen LogP contribution in [0.3, 0.4) is 0 Å². The van der Waals surface area contributed by atoms with E-state index in [1.165, 1.54) is 39.5 Å². The molecule has 12 nitrogen and oxygen atoms in total. The van der Waals surface area contributed by atoms with Crippen LogP contribution in [0.15, 0.2) is 45.0 Å². The van der Waals surface area contributed by atoms with Crippen LogP contribution in [0.5, 0.6) is 0 Å². The van der Waals surface area contributed by atoms with Crippen molar-refractivity contribution in [3.63, 3.8) is 0 Å². The average molecular weight is 549 g/mol. The summed E-state index contributed by atoms with van der Waals surface area (Å²) in [6.45, 7) is 2.62. The molecule has 0 radical (unpaired) electrons. The predicted octanol–water partition coefficient (Wildman–Crippen LogP) is -0.175. The fourth-order valence-corrected chi connectivity index (χ4v) is 7.19. The van der Waals surface area contributed by atoms with E-state index >= 15 is 0 Å². The second kappa shape index (κ2) is 10.1. The van der Waals surface area contributed by atoms with Crippen LogP contribution in [0.2, 0.25) is 0 Å². The molecule has 5 heterocycles. The molecule has 0 bridgehead atoms. The third kappa shape index (κ3) is 4.54. The van der Waals surface area contributed by atoms with Gasteiger partial charge in [0, 0.05) is 33.9 Å². The molecule has 2 aromatic heterocycles. The van der Waals surface area contributed by atoms with Crippen molar-refractivity contribution in [3.8, 4) is 0 Å². The summed E-state index contributed by atoms with van der Waals surface area (Å²) in [6.07, 6.45) is 2.03. The molecule has 5 rings (SSSR count). The fraction of sp³-hybridized carbons (Fsp3) is 0.333. The Balaban J connectivity index is 1.28. The van der Waals surface area contributed by atoms with Crippen LogP contribution in [0.4, 0.5) is 5.13 Å². The monoisotopic (exact) mass is 548 g/mol. The molecule has 2 aromatic rings. The number of pyridine rings is 1. The van der Waals surface area contributed by atoms with Gasteiger partial charge < -0.3 is 26.7 Å². The van der Waals surface area contributed by atoms with Crippen LogP contribution in [0.25, 0.3) is 0 Å². The standard InChI is InChI=1S/C21H21N7O5S3/c22-21-24-13(9-36-21)14(26-33)17(29)25-15-18(30)28-16(20(31)32)10(8-35-19(15)28)7-34-12-1-3-27-4-2-23-6-11(27)5-12/h1,3,5,9,15,19,23H,2,4,6-8H2,(H4-,22,24,25,29,31,32,33)/p+1. The number of anilines is 1. The van der Waals surface area contributed by atoms with E-state index in [4.69, 9.17) is 5.73 Å². The second-order valence-electron chi connectivity index (χ2n) is 8.15. The Bertz CT molecular complexity index is 1310. The topological polar surface area (TPSA) is 174 Å². The van der Waals surface area contributed by atoms with Gasteiger partial charge in [-0.3, -0.25) is 14.5 Å². The highest BCUT2D eigenvalue weighted by Gasteiger charge is 2.54. The number of carboxylic acids is 1. The molecule has 6 N–H and O–H groups in total. The van der Waals surface area contributed by atoms with Crippen molar-refractivity contribution in [3.05, 3.63) is 46.4 Å². The van der Waals surface area contributed by atoms with E-state index in [9.17, 15) is 24.7 Å². The first-order valence-electron chi connectivity index (χ1n) is 10.9. The summed E-state index contributed by atoms with van der Waals surface area (Å²) in [6, 6.07) is 3.15. The first-order valence-corrected chi connectivity index (χ1v) is 13.8. The van der Waals surface area contributed by atoms with E-state index in [2.05, 4.69) is 31.4 Å². The first kappa shape index (κ1) is 24.5. The third-order valence-electron chi connectivity index (χ3n) is 5.96. The SMILES string of the molecule is Nc1nc(/C(=N/O)C(=O)NC2C(=O)N3C(C(=O)O)=C(CSc4cc[n+]5c(c4)CNCC5)CSC23)cs1. The minimum absolute atomic E-state index is 0.0425. The van der Waals surface area contributed by atoms with Crippen molar-refractivity contribution in [1.82, 2.24) is 20.5 Å². The number of nitrogens with two attached hydrogens (primary N) is 1. The minimum atomic E-state index is -1.19. The number of oxime groups is 1. The lowest BCUT2D eigenvalue weighted by molar-refractivity contribution is -0.707. The highest BCUT2D eigenvalue weighted by atomic mass is 32.2. The number of carboxylic acid groups (broad SMARTS) is 1. The fourth-order valence-electron chi connectivity index (χ4n) is 4.21. The van der Waals surface area contributed by atoms with E-state index < -0.39 is 29.2 Å². The number of carbonyl (C=O) groups excluding carboxylic acids is 2.